The molecule has 0 radical (unpaired) electrons. The molecule has 2 N–H and O–H groups in total. The number of amides is 1. The second kappa shape index (κ2) is 7.83. The lowest BCUT2D eigenvalue weighted by atomic mass is 10.1. The van der Waals surface area contributed by atoms with Gasteiger partial charge in [-0.1, -0.05) is 30.3 Å². The van der Waals surface area contributed by atoms with Gasteiger partial charge in [0.25, 0.3) is 5.91 Å². The highest BCUT2D eigenvalue weighted by Crippen LogP contribution is 2.25. The van der Waals surface area contributed by atoms with E-state index in [-0.39, 0.29) is 5.91 Å². The minimum absolute atomic E-state index is 0.0425. The van der Waals surface area contributed by atoms with Gasteiger partial charge in [0.15, 0.2) is 5.82 Å². The number of fused-ring (bicyclic) bond motifs is 1. The number of ether oxygens (including phenoxy) is 1. The largest absolute Gasteiger partial charge is 0.489 e. The molecule has 2 aromatic heterocycles. The molecule has 6 nitrogen and oxygen atoms in total. The van der Waals surface area contributed by atoms with Gasteiger partial charge < -0.3 is 15.0 Å². The average molecular weight is 396 g/mol. The number of hydrogen-bond acceptors (Lipinski definition) is 4. The molecule has 1 aliphatic heterocycles. The van der Waals surface area contributed by atoms with Gasteiger partial charge in [0.2, 0.25) is 0 Å². The fraction of sp³-hybridized carbons (Fsp3) is 0.125. The molecule has 1 aliphatic rings. The van der Waals surface area contributed by atoms with Gasteiger partial charge in [0.1, 0.15) is 12.4 Å². The van der Waals surface area contributed by atoms with Crippen LogP contribution < -0.4 is 10.1 Å². The summed E-state index contributed by atoms with van der Waals surface area (Å²) in [6, 6.07) is 21.5. The molecule has 3 heterocycles. The molecule has 0 saturated carbocycles. The number of aromatic amines is 1. The molecule has 148 valence electrons. The van der Waals surface area contributed by atoms with Crippen molar-refractivity contribution < 1.29 is 9.53 Å². The topological polar surface area (TPSA) is 79.9 Å². The molecular weight excluding hydrogens is 376 g/mol. The lowest BCUT2D eigenvalue weighted by molar-refractivity contribution is 0.0946. The third-order valence-electron chi connectivity index (χ3n) is 5.10. The van der Waals surface area contributed by atoms with E-state index in [9.17, 15) is 4.79 Å². The SMILES string of the molecule is O=C1NCCc2[nH]c(-c3ccnc(-c4ccc(OCc5ccccc5)cc4)n3)cc21. The fourth-order valence-corrected chi connectivity index (χ4v) is 3.52. The smallest absolute Gasteiger partial charge is 0.253 e. The normalized spacial score (nSPS) is 12.9. The van der Waals surface area contributed by atoms with Crippen LogP contribution in [0, 0.1) is 0 Å². The quantitative estimate of drug-likeness (QED) is 0.534. The molecule has 0 aliphatic carbocycles. The first-order valence-electron chi connectivity index (χ1n) is 9.87. The van der Waals surface area contributed by atoms with E-state index in [1.807, 2.05) is 66.7 Å². The number of hydrogen-bond donors (Lipinski definition) is 2. The summed E-state index contributed by atoms with van der Waals surface area (Å²) in [7, 11) is 0. The third-order valence-corrected chi connectivity index (χ3v) is 5.10. The molecule has 0 saturated heterocycles. The number of nitrogens with zero attached hydrogens (tertiary/aromatic N) is 2. The van der Waals surface area contributed by atoms with Gasteiger partial charge in [-0.3, -0.25) is 4.79 Å². The summed E-state index contributed by atoms with van der Waals surface area (Å²) >= 11 is 0. The molecule has 30 heavy (non-hydrogen) atoms. The van der Waals surface area contributed by atoms with E-state index < -0.39 is 0 Å². The Morgan fingerprint density at radius 2 is 1.83 bits per heavy atom. The third kappa shape index (κ3) is 3.67. The van der Waals surface area contributed by atoms with E-state index in [2.05, 4.69) is 15.3 Å². The van der Waals surface area contributed by atoms with E-state index >= 15 is 0 Å². The van der Waals surface area contributed by atoms with E-state index in [4.69, 9.17) is 9.72 Å². The van der Waals surface area contributed by atoms with Crippen LogP contribution in [-0.4, -0.2) is 27.4 Å². The Bertz CT molecular complexity index is 1180. The van der Waals surface area contributed by atoms with E-state index in [1.165, 1.54) is 0 Å². The molecule has 0 fully saturated rings. The standard InChI is InChI=1S/C24H20N4O2/c29-24-19-14-22(27-20(19)10-13-26-24)21-11-12-25-23(28-21)17-6-8-18(9-7-17)30-15-16-4-2-1-3-5-16/h1-9,11-12,14,27H,10,13,15H2,(H,26,29). The Labute approximate surface area is 174 Å². The number of carbonyl (C=O) groups excluding carboxylic acids is 1. The van der Waals surface area contributed by atoms with Crippen molar-refractivity contribution in [3.8, 4) is 28.5 Å². The Kier molecular flexibility index (Phi) is 4.73. The Hall–Kier alpha value is -3.93. The number of rotatable bonds is 5. The van der Waals surface area contributed by atoms with Crippen molar-refractivity contribution in [1.82, 2.24) is 20.3 Å². The number of nitrogens with one attached hydrogen (secondary N) is 2. The van der Waals surface area contributed by atoms with E-state index in [0.717, 1.165) is 40.4 Å². The first-order chi connectivity index (χ1) is 14.8. The van der Waals surface area contributed by atoms with Gasteiger partial charge in [-0.2, -0.15) is 0 Å². The minimum atomic E-state index is -0.0425. The predicted octanol–water partition coefficient (Wildman–Crippen LogP) is 4.00. The summed E-state index contributed by atoms with van der Waals surface area (Å²) in [6.45, 7) is 1.18. The summed E-state index contributed by atoms with van der Waals surface area (Å²) in [5.74, 6) is 1.38. The lowest BCUT2D eigenvalue weighted by Gasteiger charge is -2.10. The van der Waals surface area contributed by atoms with Gasteiger partial charge >= 0.3 is 0 Å². The summed E-state index contributed by atoms with van der Waals surface area (Å²) < 4.78 is 5.85. The number of H-pyrrole nitrogens is 1. The highest BCUT2D eigenvalue weighted by molar-refractivity contribution is 5.97. The number of benzene rings is 2. The summed E-state index contributed by atoms with van der Waals surface area (Å²) in [5.41, 5.74) is 5.25. The van der Waals surface area contributed by atoms with Gasteiger partial charge in [0.05, 0.1) is 17.0 Å². The minimum Gasteiger partial charge on any atom is -0.489 e. The van der Waals surface area contributed by atoms with Crippen LogP contribution in [0.1, 0.15) is 21.6 Å². The molecule has 2 aromatic carbocycles. The summed E-state index contributed by atoms with van der Waals surface area (Å²) in [4.78, 5) is 24.4. The van der Waals surface area contributed by atoms with Crippen molar-refractivity contribution in [2.24, 2.45) is 0 Å². The van der Waals surface area contributed by atoms with Gasteiger partial charge in [-0.15, -0.1) is 0 Å². The van der Waals surface area contributed by atoms with Gasteiger partial charge in [-0.25, -0.2) is 9.97 Å². The van der Waals surface area contributed by atoms with Crippen molar-refractivity contribution in [1.29, 1.82) is 0 Å². The molecule has 5 rings (SSSR count). The van der Waals surface area contributed by atoms with Crippen molar-refractivity contribution in [3.05, 3.63) is 89.7 Å². The van der Waals surface area contributed by atoms with Gasteiger partial charge in [-0.05, 0) is 42.0 Å². The molecule has 0 spiro atoms. The fourth-order valence-electron chi connectivity index (χ4n) is 3.52. The van der Waals surface area contributed by atoms with E-state index in [0.29, 0.717) is 24.5 Å². The van der Waals surface area contributed by atoms with Crippen molar-refractivity contribution >= 4 is 5.91 Å². The van der Waals surface area contributed by atoms with Crippen LogP contribution in [0.5, 0.6) is 5.75 Å². The molecule has 6 heteroatoms. The molecular formula is C24H20N4O2. The van der Waals surface area contributed by atoms with E-state index in [1.54, 1.807) is 6.20 Å². The van der Waals surface area contributed by atoms with Crippen molar-refractivity contribution in [2.75, 3.05) is 6.54 Å². The Morgan fingerprint density at radius 3 is 2.63 bits per heavy atom. The van der Waals surface area contributed by atoms with Crippen molar-refractivity contribution in [3.63, 3.8) is 0 Å². The molecule has 0 bridgehead atoms. The molecule has 1 amide bonds. The van der Waals surface area contributed by atoms with Crippen LogP contribution in [0.3, 0.4) is 0 Å². The monoisotopic (exact) mass is 396 g/mol. The zero-order chi connectivity index (χ0) is 20.3. The van der Waals surface area contributed by atoms with Crippen LogP contribution >= 0.6 is 0 Å². The molecule has 4 aromatic rings. The first kappa shape index (κ1) is 18.1. The second-order valence-corrected chi connectivity index (χ2v) is 7.15. The maximum atomic E-state index is 12.0. The maximum Gasteiger partial charge on any atom is 0.253 e. The summed E-state index contributed by atoms with van der Waals surface area (Å²) in [5, 5.41) is 2.86. The zero-order valence-corrected chi connectivity index (χ0v) is 16.3. The van der Waals surface area contributed by atoms with Crippen LogP contribution in [0.25, 0.3) is 22.8 Å². The van der Waals surface area contributed by atoms with Crippen LogP contribution in [0.2, 0.25) is 0 Å². The van der Waals surface area contributed by atoms with Gasteiger partial charge in [0, 0.05) is 30.4 Å². The summed E-state index contributed by atoms with van der Waals surface area (Å²) in [6.07, 6.45) is 2.53. The maximum absolute atomic E-state index is 12.0. The predicted molar refractivity (Wildman–Crippen MR) is 114 cm³/mol. The molecule has 0 atom stereocenters. The lowest BCUT2D eigenvalue weighted by Crippen LogP contribution is -2.31. The molecule has 0 unspecified atom stereocenters. The Morgan fingerprint density at radius 1 is 1.00 bits per heavy atom. The first-order valence-corrected chi connectivity index (χ1v) is 9.87. The highest BCUT2D eigenvalue weighted by atomic mass is 16.5. The second-order valence-electron chi connectivity index (χ2n) is 7.15. The van der Waals surface area contributed by atoms with Crippen molar-refractivity contribution in [2.45, 2.75) is 13.0 Å². The van der Waals surface area contributed by atoms with Crippen LogP contribution in [-0.2, 0) is 13.0 Å². The zero-order valence-electron chi connectivity index (χ0n) is 16.3. The number of carbonyl (C=O) groups is 1. The van der Waals surface area contributed by atoms with Crippen LogP contribution in [0.15, 0.2) is 72.9 Å². The Balaban J connectivity index is 1.35. The average Bonchev–Trinajstić information content (AvgIpc) is 3.25. The van der Waals surface area contributed by atoms with Crippen LogP contribution in [0.4, 0.5) is 0 Å². The number of aromatic nitrogens is 3. The highest BCUT2D eigenvalue weighted by Gasteiger charge is 2.20.